The summed E-state index contributed by atoms with van der Waals surface area (Å²) in [6, 6.07) is 15.7. The van der Waals surface area contributed by atoms with E-state index in [-0.39, 0.29) is 0 Å². The molecule has 106 valence electrons. The molecule has 0 aliphatic heterocycles. The second kappa shape index (κ2) is 6.33. The number of benzene rings is 2. The SMILES string of the molecule is Cc1ccccc1CSc1nnc(-c2cccc(Cl)c2)o1. The third-order valence-electron chi connectivity index (χ3n) is 3.09. The summed E-state index contributed by atoms with van der Waals surface area (Å²) >= 11 is 7.50. The molecule has 0 saturated heterocycles. The van der Waals surface area contributed by atoms with E-state index in [9.17, 15) is 0 Å². The lowest BCUT2D eigenvalue weighted by molar-refractivity contribution is 0.466. The van der Waals surface area contributed by atoms with E-state index in [1.165, 1.54) is 22.9 Å². The third kappa shape index (κ3) is 3.46. The van der Waals surface area contributed by atoms with Gasteiger partial charge in [-0.2, -0.15) is 0 Å². The van der Waals surface area contributed by atoms with Crippen molar-refractivity contribution < 1.29 is 4.42 Å². The lowest BCUT2D eigenvalue weighted by atomic mass is 10.1. The van der Waals surface area contributed by atoms with Crippen LogP contribution in [0.4, 0.5) is 0 Å². The van der Waals surface area contributed by atoms with Gasteiger partial charge in [0.1, 0.15) is 0 Å². The molecule has 0 fully saturated rings. The van der Waals surface area contributed by atoms with Crippen LogP contribution in [0.25, 0.3) is 11.5 Å². The summed E-state index contributed by atoms with van der Waals surface area (Å²) in [6.07, 6.45) is 0. The molecule has 1 aromatic heterocycles. The van der Waals surface area contributed by atoms with Gasteiger partial charge in [-0.25, -0.2) is 0 Å². The number of aromatic nitrogens is 2. The predicted molar refractivity (Wildman–Crippen MR) is 85.5 cm³/mol. The maximum absolute atomic E-state index is 5.97. The van der Waals surface area contributed by atoms with E-state index in [0.29, 0.717) is 16.1 Å². The Labute approximate surface area is 132 Å². The van der Waals surface area contributed by atoms with Crippen LogP contribution in [0.1, 0.15) is 11.1 Å². The lowest BCUT2D eigenvalue weighted by Gasteiger charge is -2.02. The summed E-state index contributed by atoms with van der Waals surface area (Å²) in [5.74, 6) is 1.30. The van der Waals surface area contributed by atoms with Gasteiger partial charge >= 0.3 is 0 Å². The van der Waals surface area contributed by atoms with Crippen LogP contribution in [0.3, 0.4) is 0 Å². The molecule has 3 nitrogen and oxygen atoms in total. The Kier molecular flexibility index (Phi) is 4.27. The number of rotatable bonds is 4. The summed E-state index contributed by atoms with van der Waals surface area (Å²) in [5.41, 5.74) is 3.36. The molecular weight excluding hydrogens is 304 g/mol. The fraction of sp³-hybridized carbons (Fsp3) is 0.125. The molecular formula is C16H13ClN2OS. The van der Waals surface area contributed by atoms with Gasteiger partial charge in [0.15, 0.2) is 0 Å². The van der Waals surface area contributed by atoms with Crippen molar-refractivity contribution in [2.75, 3.05) is 0 Å². The minimum Gasteiger partial charge on any atom is -0.411 e. The fourth-order valence-corrected chi connectivity index (χ4v) is 2.95. The quantitative estimate of drug-likeness (QED) is 0.636. The zero-order chi connectivity index (χ0) is 14.7. The zero-order valence-electron chi connectivity index (χ0n) is 11.4. The average Bonchev–Trinajstić information content (AvgIpc) is 2.95. The van der Waals surface area contributed by atoms with Crippen molar-refractivity contribution in [1.82, 2.24) is 10.2 Å². The van der Waals surface area contributed by atoms with Gasteiger partial charge in [-0.15, -0.1) is 10.2 Å². The van der Waals surface area contributed by atoms with Crippen LogP contribution in [0.5, 0.6) is 0 Å². The Hall–Kier alpha value is -1.78. The van der Waals surface area contributed by atoms with Gasteiger partial charge in [0.25, 0.3) is 5.22 Å². The molecule has 0 N–H and O–H groups in total. The number of hydrogen-bond donors (Lipinski definition) is 0. The third-order valence-corrected chi connectivity index (χ3v) is 4.19. The molecule has 0 aliphatic rings. The summed E-state index contributed by atoms with van der Waals surface area (Å²) < 4.78 is 5.67. The Bertz CT molecular complexity index is 757. The first-order valence-corrected chi connectivity index (χ1v) is 7.85. The van der Waals surface area contributed by atoms with Gasteiger partial charge in [-0.05, 0) is 36.2 Å². The maximum Gasteiger partial charge on any atom is 0.277 e. The molecule has 5 heteroatoms. The van der Waals surface area contributed by atoms with Gasteiger partial charge in [0.05, 0.1) is 0 Å². The van der Waals surface area contributed by atoms with Crippen LogP contribution in [0, 0.1) is 6.92 Å². The Morgan fingerprint density at radius 1 is 1.10 bits per heavy atom. The smallest absolute Gasteiger partial charge is 0.277 e. The van der Waals surface area contributed by atoms with E-state index < -0.39 is 0 Å². The number of hydrogen-bond acceptors (Lipinski definition) is 4. The average molecular weight is 317 g/mol. The first-order valence-electron chi connectivity index (χ1n) is 6.49. The second-order valence-corrected chi connectivity index (χ2v) is 5.96. The molecule has 0 unspecified atom stereocenters. The van der Waals surface area contributed by atoms with Crippen LogP contribution in [0.2, 0.25) is 5.02 Å². The summed E-state index contributed by atoms with van der Waals surface area (Å²) in [4.78, 5) is 0. The molecule has 3 rings (SSSR count). The molecule has 0 aliphatic carbocycles. The van der Waals surface area contributed by atoms with Crippen molar-refractivity contribution in [3.05, 3.63) is 64.7 Å². The molecule has 21 heavy (non-hydrogen) atoms. The van der Waals surface area contributed by atoms with Crippen LogP contribution in [-0.2, 0) is 5.75 Å². The highest BCUT2D eigenvalue weighted by Crippen LogP contribution is 2.27. The topological polar surface area (TPSA) is 38.9 Å². The Morgan fingerprint density at radius 2 is 1.95 bits per heavy atom. The first-order chi connectivity index (χ1) is 10.2. The molecule has 3 aromatic rings. The van der Waals surface area contributed by atoms with Crippen molar-refractivity contribution in [2.45, 2.75) is 17.9 Å². The van der Waals surface area contributed by atoms with Crippen LogP contribution in [-0.4, -0.2) is 10.2 Å². The van der Waals surface area contributed by atoms with Gasteiger partial charge in [-0.3, -0.25) is 0 Å². The molecule has 0 amide bonds. The molecule has 0 radical (unpaired) electrons. The number of aryl methyl sites for hydroxylation is 1. The van der Waals surface area contributed by atoms with E-state index in [2.05, 4.69) is 29.3 Å². The lowest BCUT2D eigenvalue weighted by Crippen LogP contribution is -1.85. The Morgan fingerprint density at radius 3 is 2.76 bits per heavy atom. The number of thioether (sulfide) groups is 1. The number of halogens is 1. The fourth-order valence-electron chi connectivity index (χ4n) is 1.92. The standard InChI is InChI=1S/C16H13ClN2OS/c1-11-5-2-3-6-13(11)10-21-16-19-18-15(20-16)12-7-4-8-14(17)9-12/h2-9H,10H2,1H3. The monoisotopic (exact) mass is 316 g/mol. The van der Waals surface area contributed by atoms with Gasteiger partial charge in [-0.1, -0.05) is 53.7 Å². The molecule has 1 heterocycles. The van der Waals surface area contributed by atoms with Crippen molar-refractivity contribution >= 4 is 23.4 Å². The van der Waals surface area contributed by atoms with E-state index in [0.717, 1.165) is 11.3 Å². The molecule has 0 bridgehead atoms. The van der Waals surface area contributed by atoms with E-state index in [4.69, 9.17) is 16.0 Å². The highest BCUT2D eigenvalue weighted by Gasteiger charge is 2.10. The highest BCUT2D eigenvalue weighted by molar-refractivity contribution is 7.98. The minimum atomic E-state index is 0.491. The van der Waals surface area contributed by atoms with Crippen LogP contribution >= 0.6 is 23.4 Å². The van der Waals surface area contributed by atoms with Gasteiger partial charge in [0.2, 0.25) is 5.89 Å². The van der Waals surface area contributed by atoms with E-state index >= 15 is 0 Å². The minimum absolute atomic E-state index is 0.491. The molecule has 0 spiro atoms. The van der Waals surface area contributed by atoms with Crippen molar-refractivity contribution in [3.63, 3.8) is 0 Å². The van der Waals surface area contributed by atoms with Crippen molar-refractivity contribution in [3.8, 4) is 11.5 Å². The van der Waals surface area contributed by atoms with Crippen molar-refractivity contribution in [2.24, 2.45) is 0 Å². The maximum atomic E-state index is 5.97. The largest absolute Gasteiger partial charge is 0.411 e. The first kappa shape index (κ1) is 14.2. The normalized spacial score (nSPS) is 10.8. The van der Waals surface area contributed by atoms with E-state index in [1.807, 2.05) is 36.4 Å². The van der Waals surface area contributed by atoms with Crippen LogP contribution in [0.15, 0.2) is 58.2 Å². The predicted octanol–water partition coefficient (Wildman–Crippen LogP) is 4.99. The molecule has 0 atom stereocenters. The summed E-state index contributed by atoms with van der Waals surface area (Å²) in [7, 11) is 0. The van der Waals surface area contributed by atoms with Crippen LogP contribution < -0.4 is 0 Å². The highest BCUT2D eigenvalue weighted by atomic mass is 35.5. The zero-order valence-corrected chi connectivity index (χ0v) is 13.0. The van der Waals surface area contributed by atoms with E-state index in [1.54, 1.807) is 0 Å². The Balaban J connectivity index is 1.72. The number of nitrogens with zero attached hydrogens (tertiary/aromatic N) is 2. The summed E-state index contributed by atoms with van der Waals surface area (Å²) in [6.45, 7) is 2.10. The van der Waals surface area contributed by atoms with Crippen molar-refractivity contribution in [1.29, 1.82) is 0 Å². The second-order valence-electron chi connectivity index (χ2n) is 4.60. The summed E-state index contributed by atoms with van der Waals surface area (Å²) in [5, 5.41) is 9.35. The molecule has 0 saturated carbocycles. The van der Waals surface area contributed by atoms with Gasteiger partial charge < -0.3 is 4.42 Å². The van der Waals surface area contributed by atoms with Gasteiger partial charge in [0, 0.05) is 16.3 Å². The molecule has 2 aromatic carbocycles.